The van der Waals surface area contributed by atoms with Crippen molar-refractivity contribution >= 4 is 15.7 Å². The topological polar surface area (TPSA) is 92.4 Å². The molecule has 0 aliphatic rings. The summed E-state index contributed by atoms with van der Waals surface area (Å²) in [5.41, 5.74) is 5.78. The second-order valence-electron chi connectivity index (χ2n) is 3.82. The van der Waals surface area contributed by atoms with Crippen LogP contribution in [0, 0.1) is 12.7 Å². The summed E-state index contributed by atoms with van der Waals surface area (Å²) < 4.78 is 39.1. The van der Waals surface area contributed by atoms with E-state index in [-0.39, 0.29) is 22.8 Å². The largest absolute Gasteiger partial charge is 0.398 e. The van der Waals surface area contributed by atoms with Gasteiger partial charge in [-0.3, -0.25) is 0 Å². The molecule has 0 saturated heterocycles. The average Bonchev–Trinajstić information content (AvgIpc) is 2.24. The highest BCUT2D eigenvalue weighted by Gasteiger charge is 2.19. The van der Waals surface area contributed by atoms with Crippen LogP contribution in [-0.2, 0) is 10.0 Å². The molecule has 4 N–H and O–H groups in total. The Hall–Kier alpha value is -1.18. The maximum atomic E-state index is 13.4. The number of nitrogens with one attached hydrogen (secondary N) is 1. The van der Waals surface area contributed by atoms with Crippen molar-refractivity contribution in [3.63, 3.8) is 0 Å². The van der Waals surface area contributed by atoms with E-state index < -0.39 is 21.9 Å². The number of benzene rings is 1. The first kappa shape index (κ1) is 13.9. The van der Waals surface area contributed by atoms with E-state index in [0.29, 0.717) is 0 Å². The minimum absolute atomic E-state index is 0.0713. The first-order valence-corrected chi connectivity index (χ1v) is 6.45. The quantitative estimate of drug-likeness (QED) is 0.684. The predicted octanol–water partition coefficient (Wildman–Crippen LogP) is 0.375. The van der Waals surface area contributed by atoms with Crippen LogP contribution in [0.2, 0.25) is 0 Å². The molecule has 0 amide bonds. The molecule has 1 aromatic rings. The minimum Gasteiger partial charge on any atom is -0.398 e. The zero-order valence-corrected chi connectivity index (χ0v) is 10.4. The van der Waals surface area contributed by atoms with Gasteiger partial charge in [0.15, 0.2) is 0 Å². The van der Waals surface area contributed by atoms with Crippen molar-refractivity contribution < 1.29 is 17.9 Å². The van der Waals surface area contributed by atoms with Crippen LogP contribution in [0.15, 0.2) is 17.0 Å². The van der Waals surface area contributed by atoms with Crippen LogP contribution in [0.4, 0.5) is 10.1 Å². The number of nitrogens with two attached hydrogens (primary N) is 1. The molecule has 17 heavy (non-hydrogen) atoms. The van der Waals surface area contributed by atoms with Gasteiger partial charge in [-0.05, 0) is 26.0 Å². The van der Waals surface area contributed by atoms with Crippen molar-refractivity contribution in [1.29, 1.82) is 0 Å². The third-order valence-electron chi connectivity index (χ3n) is 2.30. The number of hydrogen-bond donors (Lipinski definition) is 3. The van der Waals surface area contributed by atoms with Gasteiger partial charge >= 0.3 is 0 Å². The van der Waals surface area contributed by atoms with Gasteiger partial charge in [-0.1, -0.05) is 0 Å². The fraction of sp³-hybridized carbons (Fsp3) is 0.400. The lowest BCUT2D eigenvalue weighted by molar-refractivity contribution is 0.265. The molecule has 0 aliphatic carbocycles. The molecule has 1 rings (SSSR count). The average molecular weight is 262 g/mol. The van der Waals surface area contributed by atoms with Gasteiger partial charge in [0.2, 0.25) is 10.0 Å². The zero-order valence-electron chi connectivity index (χ0n) is 9.57. The Morgan fingerprint density at radius 3 is 2.59 bits per heavy atom. The van der Waals surface area contributed by atoms with Crippen molar-refractivity contribution in [2.24, 2.45) is 0 Å². The fourth-order valence-electron chi connectivity index (χ4n) is 1.20. The summed E-state index contributed by atoms with van der Waals surface area (Å²) in [4.78, 5) is -0.251. The molecular weight excluding hydrogens is 247 g/mol. The summed E-state index contributed by atoms with van der Waals surface area (Å²) >= 11 is 0. The van der Waals surface area contributed by atoms with Gasteiger partial charge in [0.1, 0.15) is 5.82 Å². The molecule has 0 spiro atoms. The lowest BCUT2D eigenvalue weighted by atomic mass is 10.2. The van der Waals surface area contributed by atoms with E-state index in [1.807, 2.05) is 0 Å². The van der Waals surface area contributed by atoms with Gasteiger partial charge in [0.25, 0.3) is 0 Å². The Balaban J connectivity index is 3.16. The molecule has 1 aromatic carbocycles. The van der Waals surface area contributed by atoms with Crippen LogP contribution >= 0.6 is 0 Å². The number of anilines is 1. The monoisotopic (exact) mass is 262 g/mol. The van der Waals surface area contributed by atoms with E-state index in [4.69, 9.17) is 10.8 Å². The normalized spacial score (nSPS) is 13.6. The molecule has 0 saturated carbocycles. The van der Waals surface area contributed by atoms with E-state index in [0.717, 1.165) is 6.07 Å². The number of sulfonamides is 1. The standard InChI is InChI=1S/C10H15FN2O3S/c1-6(5-14)13-17(15,16)8-3-9(11)7(2)10(12)4-8/h3-4,6,13-14H,5,12H2,1-2H3/t6-/m1/s1. The molecule has 0 aliphatic heterocycles. The summed E-state index contributed by atoms with van der Waals surface area (Å²) in [5.74, 6) is -0.679. The maximum Gasteiger partial charge on any atom is 0.241 e. The Kier molecular flexibility index (Phi) is 4.07. The third kappa shape index (κ3) is 3.15. The van der Waals surface area contributed by atoms with Crippen molar-refractivity contribution in [3.8, 4) is 0 Å². The van der Waals surface area contributed by atoms with Crippen molar-refractivity contribution in [2.75, 3.05) is 12.3 Å². The van der Waals surface area contributed by atoms with Crippen molar-refractivity contribution in [1.82, 2.24) is 4.72 Å². The summed E-state index contributed by atoms with van der Waals surface area (Å²) in [6.07, 6.45) is 0. The Labute approximate surface area is 99.5 Å². The van der Waals surface area contributed by atoms with Gasteiger partial charge in [0, 0.05) is 17.3 Å². The number of hydrogen-bond acceptors (Lipinski definition) is 4. The first-order valence-electron chi connectivity index (χ1n) is 4.96. The molecule has 0 aromatic heterocycles. The summed E-state index contributed by atoms with van der Waals surface area (Å²) in [6.45, 7) is 2.61. The van der Waals surface area contributed by atoms with Gasteiger partial charge in [-0.25, -0.2) is 17.5 Å². The van der Waals surface area contributed by atoms with Gasteiger partial charge in [0.05, 0.1) is 11.5 Å². The van der Waals surface area contributed by atoms with E-state index >= 15 is 0 Å². The van der Waals surface area contributed by atoms with Gasteiger partial charge in [-0.15, -0.1) is 0 Å². The molecule has 7 heteroatoms. The lowest BCUT2D eigenvalue weighted by Gasteiger charge is -2.12. The van der Waals surface area contributed by atoms with Crippen LogP contribution < -0.4 is 10.5 Å². The highest BCUT2D eigenvalue weighted by atomic mass is 32.2. The number of aliphatic hydroxyl groups is 1. The van der Waals surface area contributed by atoms with Crippen LogP contribution in [0.3, 0.4) is 0 Å². The number of aliphatic hydroxyl groups excluding tert-OH is 1. The van der Waals surface area contributed by atoms with Crippen LogP contribution in [-0.4, -0.2) is 26.2 Å². The second kappa shape index (κ2) is 4.99. The number of halogens is 1. The molecule has 0 bridgehead atoms. The van der Waals surface area contributed by atoms with Crippen LogP contribution in [0.5, 0.6) is 0 Å². The minimum atomic E-state index is -3.86. The molecule has 96 valence electrons. The Morgan fingerprint density at radius 1 is 1.53 bits per heavy atom. The Morgan fingerprint density at radius 2 is 2.12 bits per heavy atom. The fourth-order valence-corrected chi connectivity index (χ4v) is 2.48. The summed E-state index contributed by atoms with van der Waals surface area (Å²) in [7, 11) is -3.86. The van der Waals surface area contributed by atoms with Crippen LogP contribution in [0.25, 0.3) is 0 Å². The summed E-state index contributed by atoms with van der Waals surface area (Å²) in [6, 6.07) is 1.44. The predicted molar refractivity (Wildman–Crippen MR) is 62.4 cm³/mol. The van der Waals surface area contributed by atoms with Crippen LogP contribution in [0.1, 0.15) is 12.5 Å². The van der Waals surface area contributed by atoms with E-state index in [9.17, 15) is 12.8 Å². The highest BCUT2D eigenvalue weighted by molar-refractivity contribution is 7.89. The molecule has 0 radical (unpaired) electrons. The zero-order chi connectivity index (χ0) is 13.2. The summed E-state index contributed by atoms with van der Waals surface area (Å²) in [5, 5.41) is 8.77. The molecule has 0 fully saturated rings. The molecule has 0 unspecified atom stereocenters. The Bertz CT molecular complexity index is 493. The molecule has 1 atom stereocenters. The van der Waals surface area contributed by atoms with Gasteiger partial charge < -0.3 is 10.8 Å². The van der Waals surface area contributed by atoms with Gasteiger partial charge in [-0.2, -0.15) is 0 Å². The second-order valence-corrected chi connectivity index (χ2v) is 5.54. The first-order chi connectivity index (χ1) is 7.77. The maximum absolute atomic E-state index is 13.4. The molecule has 5 nitrogen and oxygen atoms in total. The van der Waals surface area contributed by atoms with E-state index in [2.05, 4.69) is 4.72 Å². The molecular formula is C10H15FN2O3S. The SMILES string of the molecule is Cc1c(N)cc(S(=O)(=O)N[C@H](C)CO)cc1F. The van der Waals surface area contributed by atoms with E-state index in [1.165, 1.54) is 19.9 Å². The van der Waals surface area contributed by atoms with E-state index in [1.54, 1.807) is 0 Å². The van der Waals surface area contributed by atoms with Crippen molar-refractivity contribution in [2.45, 2.75) is 24.8 Å². The lowest BCUT2D eigenvalue weighted by Crippen LogP contribution is -2.35. The molecule has 0 heterocycles. The third-order valence-corrected chi connectivity index (χ3v) is 3.87. The van der Waals surface area contributed by atoms with Crippen molar-refractivity contribution in [3.05, 3.63) is 23.5 Å². The smallest absolute Gasteiger partial charge is 0.241 e. The highest BCUT2D eigenvalue weighted by Crippen LogP contribution is 2.20. The number of rotatable bonds is 4. The number of nitrogen functional groups attached to an aromatic ring is 1.